The first-order valence-electron chi connectivity index (χ1n) is 10.9. The highest BCUT2D eigenvalue weighted by Gasteiger charge is 2.53. The highest BCUT2D eigenvalue weighted by atomic mass is 16.5. The van der Waals surface area contributed by atoms with Gasteiger partial charge in [-0.25, -0.2) is 0 Å². The summed E-state index contributed by atoms with van der Waals surface area (Å²) in [6, 6.07) is 9.32. The van der Waals surface area contributed by atoms with Crippen LogP contribution < -0.4 is 19.5 Å². The molecule has 7 heteroatoms. The number of ether oxygens (including phenoxy) is 3. The minimum Gasteiger partial charge on any atom is -0.493 e. The zero-order valence-corrected chi connectivity index (χ0v) is 18.9. The lowest BCUT2D eigenvalue weighted by Gasteiger charge is -2.45. The molecule has 170 valence electrons. The number of carbonyl (C=O) groups excluding carboxylic acids is 1. The molecule has 2 aromatic rings. The number of fused-ring (bicyclic) bond motifs is 1. The molecule has 2 aliphatic rings. The number of hydrogen-bond donors (Lipinski definition) is 2. The van der Waals surface area contributed by atoms with Gasteiger partial charge in [0.1, 0.15) is 11.5 Å². The molecule has 1 amide bonds. The lowest BCUT2D eigenvalue weighted by molar-refractivity contribution is -0.166. The number of benzene rings is 2. The van der Waals surface area contributed by atoms with Gasteiger partial charge in [0.25, 0.3) is 5.91 Å². The molecule has 2 aromatic carbocycles. The normalized spacial score (nSPS) is 17.2. The number of nitrogens with one attached hydrogen (secondary N) is 1. The highest BCUT2D eigenvalue weighted by Crippen LogP contribution is 2.51. The van der Waals surface area contributed by atoms with Gasteiger partial charge in [-0.2, -0.15) is 0 Å². The van der Waals surface area contributed by atoms with E-state index in [1.165, 1.54) is 0 Å². The van der Waals surface area contributed by atoms with Crippen LogP contribution in [0.1, 0.15) is 49.0 Å². The van der Waals surface area contributed by atoms with Crippen molar-refractivity contribution in [3.8, 4) is 28.4 Å². The maximum atomic E-state index is 12.3. The molecule has 4 rings (SSSR count). The van der Waals surface area contributed by atoms with Crippen LogP contribution in [-0.4, -0.2) is 37.3 Å². The van der Waals surface area contributed by atoms with Crippen LogP contribution in [0.15, 0.2) is 30.3 Å². The maximum Gasteiger partial charge on any atom is 0.313 e. The Balaban J connectivity index is 1.85. The van der Waals surface area contributed by atoms with Gasteiger partial charge in [-0.3, -0.25) is 9.59 Å². The van der Waals surface area contributed by atoms with Gasteiger partial charge >= 0.3 is 5.97 Å². The summed E-state index contributed by atoms with van der Waals surface area (Å²) in [6.45, 7) is 4.43. The van der Waals surface area contributed by atoms with E-state index in [-0.39, 0.29) is 11.8 Å². The number of carbonyl (C=O) groups is 2. The topological polar surface area (TPSA) is 94.1 Å². The highest BCUT2D eigenvalue weighted by molar-refractivity contribution is 5.99. The fourth-order valence-electron chi connectivity index (χ4n) is 4.83. The monoisotopic (exact) mass is 439 g/mol. The molecule has 0 spiro atoms. The number of carboxylic acids is 1. The van der Waals surface area contributed by atoms with Gasteiger partial charge in [0.05, 0.1) is 14.2 Å². The zero-order valence-electron chi connectivity index (χ0n) is 18.9. The Morgan fingerprint density at radius 3 is 2.34 bits per heavy atom. The van der Waals surface area contributed by atoms with Crippen molar-refractivity contribution in [2.24, 2.45) is 11.3 Å². The van der Waals surface area contributed by atoms with Crippen molar-refractivity contribution < 1.29 is 28.9 Å². The number of amides is 1. The molecule has 1 aliphatic heterocycles. The predicted molar refractivity (Wildman–Crippen MR) is 119 cm³/mol. The molecule has 1 unspecified atom stereocenters. The van der Waals surface area contributed by atoms with Gasteiger partial charge in [-0.1, -0.05) is 26.3 Å². The van der Waals surface area contributed by atoms with Crippen molar-refractivity contribution in [1.82, 2.24) is 5.32 Å². The molecule has 0 radical (unpaired) electrons. The summed E-state index contributed by atoms with van der Waals surface area (Å²) in [5.41, 5.74) is 2.27. The fourth-order valence-corrected chi connectivity index (χ4v) is 4.83. The number of methoxy groups -OCH3 is 2. The fraction of sp³-hybridized carbons (Fsp3) is 0.440. The maximum absolute atomic E-state index is 12.3. The van der Waals surface area contributed by atoms with Crippen LogP contribution in [0.4, 0.5) is 0 Å². The van der Waals surface area contributed by atoms with E-state index in [1.807, 2.05) is 32.0 Å². The Labute approximate surface area is 187 Å². The van der Waals surface area contributed by atoms with Crippen LogP contribution in [0.3, 0.4) is 0 Å². The third-order valence-corrected chi connectivity index (χ3v) is 6.67. The molecule has 1 fully saturated rings. The van der Waals surface area contributed by atoms with Crippen LogP contribution >= 0.6 is 0 Å². The van der Waals surface area contributed by atoms with Crippen molar-refractivity contribution >= 4 is 11.9 Å². The first-order chi connectivity index (χ1) is 15.3. The number of aliphatic carboxylic acids is 1. The second-order valence-corrected chi connectivity index (χ2v) is 8.83. The van der Waals surface area contributed by atoms with Gasteiger partial charge in [0.15, 0.2) is 11.5 Å². The summed E-state index contributed by atoms with van der Waals surface area (Å²) in [5.74, 6) is 0.443. The van der Waals surface area contributed by atoms with Gasteiger partial charge < -0.3 is 24.6 Å². The Kier molecular flexibility index (Phi) is 5.75. The summed E-state index contributed by atoms with van der Waals surface area (Å²) in [7, 11) is 3.10. The Morgan fingerprint density at radius 1 is 1.06 bits per heavy atom. The van der Waals surface area contributed by atoms with E-state index in [4.69, 9.17) is 14.2 Å². The molecule has 0 bridgehead atoms. The zero-order chi connectivity index (χ0) is 23.0. The summed E-state index contributed by atoms with van der Waals surface area (Å²) in [5, 5.41) is 12.9. The van der Waals surface area contributed by atoms with Crippen molar-refractivity contribution in [3.05, 3.63) is 41.5 Å². The standard InChI is InChI=1S/C25H29NO6/c1-14(2)22(25(24(28)29)10-5-11-25)32-20-17(8-9-19(30-3)21(20)31-4)15-6-7-18-16(12-15)13-26-23(18)27/h6-9,12,14,22H,5,10-11,13H2,1-4H3,(H,26,27)(H,28,29). The van der Waals surface area contributed by atoms with E-state index in [0.717, 1.165) is 23.1 Å². The summed E-state index contributed by atoms with van der Waals surface area (Å²) in [4.78, 5) is 24.2. The lowest BCUT2D eigenvalue weighted by Crippen LogP contribution is -2.52. The van der Waals surface area contributed by atoms with Gasteiger partial charge in [-0.15, -0.1) is 0 Å². The molecule has 1 aliphatic carbocycles. The molecule has 1 saturated carbocycles. The summed E-state index contributed by atoms with van der Waals surface area (Å²) < 4.78 is 17.7. The second-order valence-electron chi connectivity index (χ2n) is 8.83. The van der Waals surface area contributed by atoms with Gasteiger partial charge in [0, 0.05) is 17.7 Å². The molecule has 2 N–H and O–H groups in total. The second kappa shape index (κ2) is 8.37. The van der Waals surface area contributed by atoms with E-state index in [1.54, 1.807) is 26.4 Å². The summed E-state index contributed by atoms with van der Waals surface area (Å²) in [6.07, 6.45) is 1.50. The van der Waals surface area contributed by atoms with Gasteiger partial charge in [0.2, 0.25) is 5.75 Å². The van der Waals surface area contributed by atoms with Crippen LogP contribution in [0.2, 0.25) is 0 Å². The first-order valence-corrected chi connectivity index (χ1v) is 10.9. The van der Waals surface area contributed by atoms with Crippen LogP contribution in [0.25, 0.3) is 11.1 Å². The smallest absolute Gasteiger partial charge is 0.313 e. The lowest BCUT2D eigenvalue weighted by atomic mass is 9.62. The molecular formula is C25H29NO6. The Morgan fingerprint density at radius 2 is 1.78 bits per heavy atom. The molecular weight excluding hydrogens is 410 g/mol. The van der Waals surface area contributed by atoms with Crippen LogP contribution in [-0.2, 0) is 11.3 Å². The number of carboxylic acid groups (broad SMARTS) is 1. The number of hydrogen-bond acceptors (Lipinski definition) is 5. The van der Waals surface area contributed by atoms with Gasteiger partial charge in [-0.05, 0) is 54.2 Å². The van der Waals surface area contributed by atoms with E-state index < -0.39 is 17.5 Å². The average Bonchev–Trinajstić information content (AvgIpc) is 3.11. The van der Waals surface area contributed by atoms with E-state index in [9.17, 15) is 14.7 Å². The third kappa shape index (κ3) is 3.45. The molecule has 7 nitrogen and oxygen atoms in total. The predicted octanol–water partition coefficient (Wildman–Crippen LogP) is 4.27. The van der Waals surface area contributed by atoms with Crippen LogP contribution in [0.5, 0.6) is 17.2 Å². The SMILES string of the molecule is COc1ccc(-c2ccc3c(c2)CNC3=O)c(OC(C(C)C)C2(C(=O)O)CCC2)c1OC. The minimum atomic E-state index is -0.923. The Hall–Kier alpha value is -3.22. The first kappa shape index (κ1) is 22.0. The minimum absolute atomic E-state index is 0.0306. The van der Waals surface area contributed by atoms with Crippen LogP contribution in [0, 0.1) is 11.3 Å². The Bertz CT molecular complexity index is 1060. The quantitative estimate of drug-likeness (QED) is 0.638. The van der Waals surface area contributed by atoms with E-state index >= 15 is 0 Å². The largest absolute Gasteiger partial charge is 0.493 e. The molecule has 1 heterocycles. The van der Waals surface area contributed by atoms with Crippen molar-refractivity contribution in [3.63, 3.8) is 0 Å². The molecule has 0 aromatic heterocycles. The molecule has 32 heavy (non-hydrogen) atoms. The van der Waals surface area contributed by atoms with E-state index in [2.05, 4.69) is 5.32 Å². The summed E-state index contributed by atoms with van der Waals surface area (Å²) >= 11 is 0. The molecule has 1 atom stereocenters. The van der Waals surface area contributed by atoms with Crippen molar-refractivity contribution in [2.45, 2.75) is 45.8 Å². The van der Waals surface area contributed by atoms with Crippen molar-refractivity contribution in [2.75, 3.05) is 14.2 Å². The molecule has 0 saturated heterocycles. The third-order valence-electron chi connectivity index (χ3n) is 6.67. The van der Waals surface area contributed by atoms with Crippen molar-refractivity contribution in [1.29, 1.82) is 0 Å². The van der Waals surface area contributed by atoms with E-state index in [0.29, 0.717) is 42.2 Å². The number of rotatable bonds is 8. The average molecular weight is 440 g/mol.